The molecule has 0 fully saturated rings. The monoisotopic (exact) mass is 289 g/mol. The Morgan fingerprint density at radius 2 is 1.90 bits per heavy atom. The van der Waals surface area contributed by atoms with Crippen LogP contribution in [0.25, 0.3) is 0 Å². The summed E-state index contributed by atoms with van der Waals surface area (Å²) in [6.07, 6.45) is 0. The molecule has 0 bridgehead atoms. The molecule has 104 valence electrons. The maximum atomic E-state index is 12.1. The second-order valence-corrected chi connectivity index (χ2v) is 4.87. The van der Waals surface area contributed by atoms with Crippen LogP contribution >= 0.6 is 11.6 Å². The molecular formula is C16H16ClNO2. The van der Waals surface area contributed by atoms with Crippen LogP contribution in [0.2, 0.25) is 5.02 Å². The Labute approximate surface area is 123 Å². The molecule has 3 nitrogen and oxygen atoms in total. The van der Waals surface area contributed by atoms with Gasteiger partial charge in [-0.3, -0.25) is 4.79 Å². The molecule has 1 unspecified atom stereocenters. The molecule has 0 heterocycles. The highest BCUT2D eigenvalue weighted by atomic mass is 35.5. The fourth-order valence-electron chi connectivity index (χ4n) is 1.94. The minimum absolute atomic E-state index is 0.197. The van der Waals surface area contributed by atoms with Crippen LogP contribution in [0.4, 0.5) is 0 Å². The van der Waals surface area contributed by atoms with Crippen molar-refractivity contribution in [3.05, 3.63) is 70.7 Å². The minimum atomic E-state index is -0.435. The van der Waals surface area contributed by atoms with Crippen molar-refractivity contribution in [2.24, 2.45) is 5.73 Å². The number of ether oxygens (including phenoxy) is 1. The third-order valence-electron chi connectivity index (χ3n) is 2.99. The number of benzene rings is 2. The maximum Gasteiger partial charge on any atom is 0.315 e. The van der Waals surface area contributed by atoms with Crippen LogP contribution < -0.4 is 5.73 Å². The van der Waals surface area contributed by atoms with Gasteiger partial charge in [-0.25, -0.2) is 0 Å². The lowest BCUT2D eigenvalue weighted by Gasteiger charge is -2.14. The molecule has 0 aliphatic rings. The number of halogens is 1. The predicted octanol–water partition coefficient (Wildman–Crippen LogP) is 3.13. The number of carbonyl (C=O) groups is 1. The molecule has 2 aromatic carbocycles. The van der Waals surface area contributed by atoms with Crippen LogP contribution in [0.5, 0.6) is 0 Å². The van der Waals surface area contributed by atoms with E-state index in [-0.39, 0.29) is 19.1 Å². The minimum Gasteiger partial charge on any atom is -0.460 e. The number of hydrogen-bond acceptors (Lipinski definition) is 3. The van der Waals surface area contributed by atoms with E-state index in [0.717, 1.165) is 11.1 Å². The lowest BCUT2D eigenvalue weighted by atomic mass is 10.00. The molecule has 2 rings (SSSR count). The number of esters is 1. The van der Waals surface area contributed by atoms with E-state index < -0.39 is 5.92 Å². The summed E-state index contributed by atoms with van der Waals surface area (Å²) in [4.78, 5) is 12.1. The Morgan fingerprint density at radius 3 is 2.55 bits per heavy atom. The molecule has 0 aromatic heterocycles. The zero-order valence-corrected chi connectivity index (χ0v) is 11.7. The van der Waals surface area contributed by atoms with Crippen LogP contribution in [0.1, 0.15) is 17.0 Å². The van der Waals surface area contributed by atoms with Crippen LogP contribution in [-0.2, 0) is 16.1 Å². The van der Waals surface area contributed by atoms with Crippen molar-refractivity contribution in [2.45, 2.75) is 12.5 Å². The summed E-state index contributed by atoms with van der Waals surface area (Å²) in [5.41, 5.74) is 7.40. The number of carbonyl (C=O) groups excluding carboxylic acids is 1. The number of hydrogen-bond donors (Lipinski definition) is 1. The highest BCUT2D eigenvalue weighted by Gasteiger charge is 2.20. The SMILES string of the molecule is NCC(C(=O)OCc1cccc(Cl)c1)c1ccccc1. The van der Waals surface area contributed by atoms with Crippen molar-refractivity contribution in [1.82, 2.24) is 0 Å². The second kappa shape index (κ2) is 7.08. The lowest BCUT2D eigenvalue weighted by molar-refractivity contribution is -0.146. The highest BCUT2D eigenvalue weighted by molar-refractivity contribution is 6.30. The van der Waals surface area contributed by atoms with Gasteiger partial charge >= 0.3 is 5.97 Å². The topological polar surface area (TPSA) is 52.3 Å². The fourth-order valence-corrected chi connectivity index (χ4v) is 2.15. The zero-order valence-electron chi connectivity index (χ0n) is 11.0. The van der Waals surface area contributed by atoms with E-state index in [1.54, 1.807) is 12.1 Å². The van der Waals surface area contributed by atoms with E-state index >= 15 is 0 Å². The van der Waals surface area contributed by atoms with Crippen LogP contribution in [-0.4, -0.2) is 12.5 Å². The Bertz CT molecular complexity index is 572. The normalized spacial score (nSPS) is 11.9. The van der Waals surface area contributed by atoms with E-state index in [2.05, 4.69) is 0 Å². The van der Waals surface area contributed by atoms with Gasteiger partial charge < -0.3 is 10.5 Å². The molecule has 0 aliphatic carbocycles. The summed E-state index contributed by atoms with van der Waals surface area (Å²) in [7, 11) is 0. The molecule has 20 heavy (non-hydrogen) atoms. The van der Waals surface area contributed by atoms with Gasteiger partial charge in [0, 0.05) is 11.6 Å². The summed E-state index contributed by atoms with van der Waals surface area (Å²) in [6, 6.07) is 16.6. The van der Waals surface area contributed by atoms with Crippen molar-refractivity contribution in [2.75, 3.05) is 6.54 Å². The van der Waals surface area contributed by atoms with Gasteiger partial charge in [-0.1, -0.05) is 54.1 Å². The van der Waals surface area contributed by atoms with Gasteiger partial charge in [0.1, 0.15) is 6.61 Å². The number of nitrogens with two attached hydrogens (primary N) is 1. The van der Waals surface area contributed by atoms with Crippen molar-refractivity contribution < 1.29 is 9.53 Å². The Hall–Kier alpha value is -1.84. The van der Waals surface area contributed by atoms with Crippen molar-refractivity contribution in [3.8, 4) is 0 Å². The lowest BCUT2D eigenvalue weighted by Crippen LogP contribution is -2.23. The number of rotatable bonds is 5. The predicted molar refractivity (Wildman–Crippen MR) is 79.5 cm³/mol. The average Bonchev–Trinajstić information content (AvgIpc) is 2.47. The Kier molecular flexibility index (Phi) is 5.16. The maximum absolute atomic E-state index is 12.1. The molecule has 0 spiro atoms. The van der Waals surface area contributed by atoms with Crippen molar-refractivity contribution in [3.63, 3.8) is 0 Å². The second-order valence-electron chi connectivity index (χ2n) is 4.44. The van der Waals surface area contributed by atoms with Gasteiger partial charge in [-0.05, 0) is 23.3 Å². The largest absolute Gasteiger partial charge is 0.460 e. The molecule has 0 amide bonds. The molecular weight excluding hydrogens is 274 g/mol. The molecule has 1 atom stereocenters. The van der Waals surface area contributed by atoms with Gasteiger partial charge in [0.05, 0.1) is 5.92 Å². The van der Waals surface area contributed by atoms with Crippen molar-refractivity contribution >= 4 is 17.6 Å². The highest BCUT2D eigenvalue weighted by Crippen LogP contribution is 2.17. The first-order chi connectivity index (χ1) is 9.70. The fraction of sp³-hybridized carbons (Fsp3) is 0.188. The smallest absolute Gasteiger partial charge is 0.315 e. The van der Waals surface area contributed by atoms with E-state index in [9.17, 15) is 4.79 Å². The average molecular weight is 290 g/mol. The third-order valence-corrected chi connectivity index (χ3v) is 3.23. The van der Waals surface area contributed by atoms with E-state index in [4.69, 9.17) is 22.1 Å². The van der Waals surface area contributed by atoms with Crippen LogP contribution in [0.15, 0.2) is 54.6 Å². The summed E-state index contributed by atoms with van der Waals surface area (Å²) < 4.78 is 5.31. The zero-order chi connectivity index (χ0) is 14.4. The molecule has 0 radical (unpaired) electrons. The van der Waals surface area contributed by atoms with Gasteiger partial charge in [0.25, 0.3) is 0 Å². The first kappa shape index (κ1) is 14.6. The van der Waals surface area contributed by atoms with Crippen molar-refractivity contribution in [1.29, 1.82) is 0 Å². The van der Waals surface area contributed by atoms with Gasteiger partial charge in [0.15, 0.2) is 0 Å². The van der Waals surface area contributed by atoms with Crippen LogP contribution in [0.3, 0.4) is 0 Å². The molecule has 0 saturated carbocycles. The summed E-state index contributed by atoms with van der Waals surface area (Å²) in [5, 5.41) is 0.622. The molecule has 0 saturated heterocycles. The summed E-state index contributed by atoms with van der Waals surface area (Å²) in [5.74, 6) is -0.756. The van der Waals surface area contributed by atoms with Gasteiger partial charge in [-0.15, -0.1) is 0 Å². The Balaban J connectivity index is 2.00. The third kappa shape index (κ3) is 3.83. The molecule has 2 N–H and O–H groups in total. The quantitative estimate of drug-likeness (QED) is 0.861. The summed E-state index contributed by atoms with van der Waals surface area (Å²) in [6.45, 7) is 0.418. The summed E-state index contributed by atoms with van der Waals surface area (Å²) >= 11 is 5.89. The molecule has 0 aliphatic heterocycles. The standard InChI is InChI=1S/C16H16ClNO2/c17-14-8-4-5-12(9-14)11-20-16(19)15(10-18)13-6-2-1-3-7-13/h1-9,15H,10-11,18H2. The molecule has 4 heteroatoms. The van der Waals surface area contributed by atoms with Crippen LogP contribution in [0, 0.1) is 0 Å². The van der Waals surface area contributed by atoms with Gasteiger partial charge in [0.2, 0.25) is 0 Å². The van der Waals surface area contributed by atoms with E-state index in [0.29, 0.717) is 5.02 Å². The van der Waals surface area contributed by atoms with Gasteiger partial charge in [-0.2, -0.15) is 0 Å². The van der Waals surface area contributed by atoms with E-state index in [1.165, 1.54) is 0 Å². The first-order valence-corrected chi connectivity index (χ1v) is 6.74. The molecule has 2 aromatic rings. The Morgan fingerprint density at radius 1 is 1.15 bits per heavy atom. The first-order valence-electron chi connectivity index (χ1n) is 6.37. The van der Waals surface area contributed by atoms with E-state index in [1.807, 2.05) is 42.5 Å².